The van der Waals surface area contributed by atoms with Crippen LogP contribution in [0.25, 0.3) is 0 Å². The summed E-state index contributed by atoms with van der Waals surface area (Å²) in [6.07, 6.45) is -5.40. The van der Waals surface area contributed by atoms with Crippen LogP contribution in [0.2, 0.25) is 5.15 Å². The Balaban J connectivity index is 2.95. The van der Waals surface area contributed by atoms with E-state index in [1.54, 1.807) is 0 Å². The average Bonchev–Trinajstić information content (AvgIpc) is 2.18. The standard InChI is InChI=1S/C10H11BrClF3N2/c1-5(2)8-7(11)9(12)17-6(16-8)3-4-10(13,14)15/h5H,3-4H2,1-2H3. The first kappa shape index (κ1) is 14.7. The Labute approximate surface area is 111 Å². The van der Waals surface area contributed by atoms with Gasteiger partial charge in [0.25, 0.3) is 0 Å². The normalized spacial score (nSPS) is 12.2. The van der Waals surface area contributed by atoms with Crippen molar-refractivity contribution in [1.29, 1.82) is 0 Å². The van der Waals surface area contributed by atoms with E-state index < -0.39 is 12.6 Å². The molecular weight excluding hydrogens is 320 g/mol. The van der Waals surface area contributed by atoms with E-state index in [1.165, 1.54) is 0 Å². The lowest BCUT2D eigenvalue weighted by atomic mass is 10.1. The third-order valence-corrected chi connectivity index (χ3v) is 3.35. The van der Waals surface area contributed by atoms with Gasteiger partial charge in [-0.15, -0.1) is 0 Å². The molecule has 0 N–H and O–H groups in total. The Morgan fingerprint density at radius 3 is 2.35 bits per heavy atom. The van der Waals surface area contributed by atoms with Crippen LogP contribution >= 0.6 is 27.5 Å². The number of aryl methyl sites for hydroxylation is 1. The van der Waals surface area contributed by atoms with Crippen LogP contribution < -0.4 is 0 Å². The Hall–Kier alpha value is -0.360. The molecule has 1 rings (SSSR count). The maximum Gasteiger partial charge on any atom is 0.389 e. The van der Waals surface area contributed by atoms with Crippen molar-refractivity contribution in [3.8, 4) is 0 Å². The lowest BCUT2D eigenvalue weighted by Gasteiger charge is -2.11. The van der Waals surface area contributed by atoms with Crippen molar-refractivity contribution in [2.24, 2.45) is 0 Å². The van der Waals surface area contributed by atoms with Gasteiger partial charge in [-0.05, 0) is 21.8 Å². The number of rotatable bonds is 3. The van der Waals surface area contributed by atoms with Crippen LogP contribution in [0.15, 0.2) is 4.47 Å². The molecule has 0 aromatic carbocycles. The van der Waals surface area contributed by atoms with Crippen molar-refractivity contribution in [3.63, 3.8) is 0 Å². The van der Waals surface area contributed by atoms with Gasteiger partial charge < -0.3 is 0 Å². The van der Waals surface area contributed by atoms with Gasteiger partial charge in [0.05, 0.1) is 16.6 Å². The highest BCUT2D eigenvalue weighted by Gasteiger charge is 2.27. The Morgan fingerprint density at radius 1 is 1.29 bits per heavy atom. The van der Waals surface area contributed by atoms with Gasteiger partial charge in [0, 0.05) is 6.42 Å². The number of hydrogen-bond acceptors (Lipinski definition) is 2. The SMILES string of the molecule is CC(C)c1nc(CCC(F)(F)F)nc(Cl)c1Br. The fourth-order valence-corrected chi connectivity index (χ4v) is 2.06. The van der Waals surface area contributed by atoms with Gasteiger partial charge >= 0.3 is 6.18 Å². The molecule has 0 radical (unpaired) electrons. The van der Waals surface area contributed by atoms with Crippen molar-refractivity contribution < 1.29 is 13.2 Å². The van der Waals surface area contributed by atoms with E-state index in [4.69, 9.17) is 11.6 Å². The highest BCUT2D eigenvalue weighted by atomic mass is 79.9. The van der Waals surface area contributed by atoms with Gasteiger partial charge in [-0.3, -0.25) is 0 Å². The number of halogens is 5. The molecule has 0 saturated heterocycles. The molecular formula is C10H11BrClF3N2. The van der Waals surface area contributed by atoms with Gasteiger partial charge in [-0.25, -0.2) is 9.97 Å². The molecule has 2 nitrogen and oxygen atoms in total. The zero-order valence-corrected chi connectivity index (χ0v) is 11.6. The minimum absolute atomic E-state index is 0.0644. The van der Waals surface area contributed by atoms with Crippen LogP contribution in [-0.2, 0) is 6.42 Å². The van der Waals surface area contributed by atoms with Crippen LogP contribution in [0, 0.1) is 0 Å². The fourth-order valence-electron chi connectivity index (χ4n) is 1.23. The smallest absolute Gasteiger partial charge is 0.236 e. The van der Waals surface area contributed by atoms with Gasteiger partial charge in [0.1, 0.15) is 11.0 Å². The molecule has 96 valence electrons. The second-order valence-electron chi connectivity index (χ2n) is 3.90. The van der Waals surface area contributed by atoms with Crippen LogP contribution in [0.4, 0.5) is 13.2 Å². The predicted molar refractivity (Wildman–Crippen MR) is 63.2 cm³/mol. The molecule has 0 spiro atoms. The third kappa shape index (κ3) is 4.43. The summed E-state index contributed by atoms with van der Waals surface area (Å²) in [5.74, 6) is 0.189. The fraction of sp³-hybridized carbons (Fsp3) is 0.600. The summed E-state index contributed by atoms with van der Waals surface area (Å²) >= 11 is 9.06. The van der Waals surface area contributed by atoms with Crippen LogP contribution in [0.3, 0.4) is 0 Å². The highest BCUT2D eigenvalue weighted by molar-refractivity contribution is 9.10. The maximum absolute atomic E-state index is 12.1. The molecule has 0 fully saturated rings. The van der Waals surface area contributed by atoms with Gasteiger partial charge in [-0.2, -0.15) is 13.2 Å². The summed E-state index contributed by atoms with van der Waals surface area (Å²) in [4.78, 5) is 7.92. The molecule has 0 aliphatic carbocycles. The molecule has 0 saturated carbocycles. The zero-order chi connectivity index (χ0) is 13.2. The minimum Gasteiger partial charge on any atom is -0.236 e. The maximum atomic E-state index is 12.1. The average molecular weight is 332 g/mol. The third-order valence-electron chi connectivity index (χ3n) is 2.06. The summed E-state index contributed by atoms with van der Waals surface area (Å²) in [5, 5.41) is 0.154. The van der Waals surface area contributed by atoms with Gasteiger partial charge in [0.2, 0.25) is 0 Å². The molecule has 1 heterocycles. The highest BCUT2D eigenvalue weighted by Crippen LogP contribution is 2.29. The quantitative estimate of drug-likeness (QED) is 0.762. The van der Waals surface area contributed by atoms with E-state index in [-0.39, 0.29) is 23.3 Å². The Morgan fingerprint density at radius 2 is 1.88 bits per heavy atom. The lowest BCUT2D eigenvalue weighted by molar-refractivity contribution is -0.134. The lowest BCUT2D eigenvalue weighted by Crippen LogP contribution is -2.11. The monoisotopic (exact) mass is 330 g/mol. The minimum atomic E-state index is -4.21. The van der Waals surface area contributed by atoms with Crippen molar-refractivity contribution in [2.45, 2.75) is 38.8 Å². The molecule has 0 amide bonds. The van der Waals surface area contributed by atoms with Crippen molar-refractivity contribution in [2.75, 3.05) is 0 Å². The zero-order valence-electron chi connectivity index (χ0n) is 9.28. The number of aromatic nitrogens is 2. The number of nitrogens with zero attached hydrogens (tertiary/aromatic N) is 2. The van der Waals surface area contributed by atoms with Crippen molar-refractivity contribution in [1.82, 2.24) is 9.97 Å². The van der Waals surface area contributed by atoms with Gasteiger partial charge in [-0.1, -0.05) is 25.4 Å². The second-order valence-corrected chi connectivity index (χ2v) is 5.05. The summed E-state index contributed by atoms with van der Waals surface area (Å²) in [6.45, 7) is 3.77. The first-order valence-corrected chi connectivity index (χ1v) is 6.16. The summed E-state index contributed by atoms with van der Waals surface area (Å²) in [5.41, 5.74) is 0.627. The number of alkyl halides is 3. The molecule has 1 aromatic heterocycles. The molecule has 0 atom stereocenters. The second kappa shape index (κ2) is 5.52. The van der Waals surface area contributed by atoms with Crippen LogP contribution in [0.5, 0.6) is 0 Å². The van der Waals surface area contributed by atoms with E-state index >= 15 is 0 Å². The topological polar surface area (TPSA) is 25.8 Å². The van der Waals surface area contributed by atoms with E-state index in [0.717, 1.165) is 0 Å². The molecule has 0 aliphatic heterocycles. The van der Waals surface area contributed by atoms with Crippen molar-refractivity contribution >= 4 is 27.5 Å². The van der Waals surface area contributed by atoms with Crippen molar-refractivity contribution in [3.05, 3.63) is 21.1 Å². The van der Waals surface area contributed by atoms with Crippen LogP contribution in [0.1, 0.15) is 37.7 Å². The molecule has 1 aromatic rings. The summed E-state index contributed by atoms with van der Waals surface area (Å²) in [7, 11) is 0. The summed E-state index contributed by atoms with van der Waals surface area (Å²) < 4.78 is 36.8. The first-order chi connectivity index (χ1) is 7.70. The number of hydrogen-bond donors (Lipinski definition) is 0. The summed E-state index contributed by atoms with van der Waals surface area (Å²) in [6, 6.07) is 0. The first-order valence-electron chi connectivity index (χ1n) is 4.99. The van der Waals surface area contributed by atoms with E-state index in [9.17, 15) is 13.2 Å². The molecule has 7 heteroatoms. The van der Waals surface area contributed by atoms with E-state index in [1.807, 2.05) is 13.8 Å². The van der Waals surface area contributed by atoms with Crippen LogP contribution in [-0.4, -0.2) is 16.1 Å². The Kier molecular flexibility index (Phi) is 4.77. The molecule has 0 aliphatic rings. The predicted octanol–water partition coefficient (Wildman–Crippen LogP) is 4.51. The van der Waals surface area contributed by atoms with E-state index in [0.29, 0.717) is 10.2 Å². The molecule has 17 heavy (non-hydrogen) atoms. The Bertz CT molecular complexity index is 407. The molecule has 0 bridgehead atoms. The largest absolute Gasteiger partial charge is 0.389 e. The molecule has 0 unspecified atom stereocenters. The van der Waals surface area contributed by atoms with E-state index in [2.05, 4.69) is 25.9 Å². The van der Waals surface area contributed by atoms with Gasteiger partial charge in [0.15, 0.2) is 0 Å².